The summed E-state index contributed by atoms with van der Waals surface area (Å²) >= 11 is 0. The molecule has 1 N–H and O–H groups in total. The molecule has 1 fully saturated rings. The lowest BCUT2D eigenvalue weighted by Crippen LogP contribution is -2.33. The topological polar surface area (TPSA) is 75.2 Å². The van der Waals surface area contributed by atoms with Gasteiger partial charge in [0.05, 0.1) is 34.2 Å². The number of fused-ring (bicyclic) bond motifs is 1. The van der Waals surface area contributed by atoms with Gasteiger partial charge in [0, 0.05) is 24.7 Å². The van der Waals surface area contributed by atoms with Crippen LogP contribution in [0.15, 0.2) is 53.7 Å². The molecule has 0 radical (unpaired) electrons. The third-order valence-corrected chi connectivity index (χ3v) is 10.1. The summed E-state index contributed by atoms with van der Waals surface area (Å²) in [4.78, 5) is 11.8. The molecule has 6 nitrogen and oxygen atoms in total. The first-order valence-electron chi connectivity index (χ1n) is 15.0. The summed E-state index contributed by atoms with van der Waals surface area (Å²) in [6, 6.07) is 10.2. The second kappa shape index (κ2) is 12.2. The summed E-state index contributed by atoms with van der Waals surface area (Å²) in [5, 5.41) is 0. The van der Waals surface area contributed by atoms with Crippen LogP contribution in [-0.2, 0) is 34.8 Å². The number of rotatable bonds is 9. The molecule has 1 aliphatic carbocycles. The number of hydrogen-bond donors (Lipinski definition) is 1. The van der Waals surface area contributed by atoms with Crippen LogP contribution in [0.25, 0.3) is 0 Å². The Hall–Kier alpha value is -2.84. The van der Waals surface area contributed by atoms with E-state index in [2.05, 4.69) is 47.3 Å². The third kappa shape index (κ3) is 7.15. The maximum atomic E-state index is 14.9. The molecule has 1 aliphatic heterocycles. The molecule has 0 amide bonds. The summed E-state index contributed by atoms with van der Waals surface area (Å²) in [7, 11) is -3.92. The van der Waals surface area contributed by atoms with E-state index in [4.69, 9.17) is 0 Å². The molecular weight excluding hydrogens is 535 g/mol. The normalized spacial score (nSPS) is 17.4. The number of nitrogens with one attached hydrogen (secondary N) is 1. The number of anilines is 1. The lowest BCUT2D eigenvalue weighted by molar-refractivity contribution is 0.188. The van der Waals surface area contributed by atoms with Crippen LogP contribution >= 0.6 is 0 Å². The van der Waals surface area contributed by atoms with E-state index in [1.54, 1.807) is 18.2 Å². The van der Waals surface area contributed by atoms with Crippen molar-refractivity contribution in [1.82, 2.24) is 14.9 Å². The molecule has 220 valence electrons. The van der Waals surface area contributed by atoms with Crippen molar-refractivity contribution < 1.29 is 12.8 Å². The Bertz CT molecular complexity index is 1460. The number of benzene rings is 2. The molecule has 8 heteroatoms. The monoisotopic (exact) mass is 578 g/mol. The van der Waals surface area contributed by atoms with Crippen LogP contribution < -0.4 is 4.72 Å². The van der Waals surface area contributed by atoms with Crippen molar-refractivity contribution in [3.63, 3.8) is 0 Å². The first kappa shape index (κ1) is 29.6. The van der Waals surface area contributed by atoms with Gasteiger partial charge in [0.2, 0.25) is 0 Å². The number of hydrogen-bond acceptors (Lipinski definition) is 5. The highest BCUT2D eigenvalue weighted by atomic mass is 32.2. The fourth-order valence-corrected chi connectivity index (χ4v) is 7.19. The lowest BCUT2D eigenvalue weighted by atomic mass is 9.92. The van der Waals surface area contributed by atoms with Crippen LogP contribution in [0, 0.1) is 11.7 Å². The SMILES string of the molecule is CC(c1cnc(C(C)(C)C)cn1)N1CCc2cc(S(=O)(=O)Nc3ccc(CCCC4CCCC4)cc3F)ccc2C1. The second-order valence-electron chi connectivity index (χ2n) is 12.9. The molecule has 3 aromatic rings. The highest BCUT2D eigenvalue weighted by Gasteiger charge is 2.26. The maximum absolute atomic E-state index is 14.9. The van der Waals surface area contributed by atoms with Gasteiger partial charge >= 0.3 is 0 Å². The molecule has 1 saturated carbocycles. The van der Waals surface area contributed by atoms with Gasteiger partial charge < -0.3 is 0 Å². The van der Waals surface area contributed by atoms with Gasteiger partial charge in [0.1, 0.15) is 5.82 Å². The number of aryl methyl sites for hydroxylation is 1. The van der Waals surface area contributed by atoms with Gasteiger partial charge in [-0.3, -0.25) is 19.6 Å². The Morgan fingerprint density at radius 1 is 1.05 bits per heavy atom. The quantitative estimate of drug-likeness (QED) is 0.287. The van der Waals surface area contributed by atoms with E-state index in [0.717, 1.165) is 59.8 Å². The fraction of sp³-hybridized carbons (Fsp3) is 0.515. The highest BCUT2D eigenvalue weighted by molar-refractivity contribution is 7.92. The van der Waals surface area contributed by atoms with E-state index in [1.165, 1.54) is 38.2 Å². The number of aromatic nitrogens is 2. The molecule has 0 spiro atoms. The predicted octanol–water partition coefficient (Wildman–Crippen LogP) is 7.35. The molecule has 1 aromatic heterocycles. The van der Waals surface area contributed by atoms with E-state index in [0.29, 0.717) is 6.54 Å². The predicted molar refractivity (Wildman–Crippen MR) is 162 cm³/mol. The summed E-state index contributed by atoms with van der Waals surface area (Å²) in [6.07, 6.45) is 12.8. The van der Waals surface area contributed by atoms with E-state index < -0.39 is 15.8 Å². The van der Waals surface area contributed by atoms with Crippen molar-refractivity contribution in [2.45, 2.75) is 102 Å². The van der Waals surface area contributed by atoms with E-state index in [9.17, 15) is 12.8 Å². The molecule has 2 aromatic carbocycles. The van der Waals surface area contributed by atoms with Gasteiger partial charge in [-0.2, -0.15) is 0 Å². The summed E-state index contributed by atoms with van der Waals surface area (Å²) < 4.78 is 43.8. The summed E-state index contributed by atoms with van der Waals surface area (Å²) in [5.74, 6) is 0.280. The van der Waals surface area contributed by atoms with Crippen LogP contribution in [0.2, 0.25) is 0 Å². The molecule has 1 unspecified atom stereocenters. The number of nitrogens with zero attached hydrogens (tertiary/aromatic N) is 3. The van der Waals surface area contributed by atoms with Crippen LogP contribution in [0.5, 0.6) is 0 Å². The van der Waals surface area contributed by atoms with Gasteiger partial charge in [0.25, 0.3) is 10.0 Å². The van der Waals surface area contributed by atoms with E-state index >= 15 is 0 Å². The first-order chi connectivity index (χ1) is 19.5. The van der Waals surface area contributed by atoms with E-state index in [1.807, 2.05) is 24.5 Å². The van der Waals surface area contributed by atoms with Gasteiger partial charge in [0.15, 0.2) is 0 Å². The Morgan fingerprint density at radius 3 is 2.51 bits per heavy atom. The third-order valence-electron chi connectivity index (χ3n) is 8.78. The molecule has 2 heterocycles. The molecule has 0 saturated heterocycles. The molecule has 0 bridgehead atoms. The van der Waals surface area contributed by atoms with Crippen LogP contribution in [-0.4, -0.2) is 29.8 Å². The smallest absolute Gasteiger partial charge is 0.261 e. The van der Waals surface area contributed by atoms with Crippen molar-refractivity contribution in [2.24, 2.45) is 5.92 Å². The maximum Gasteiger partial charge on any atom is 0.261 e. The zero-order valence-corrected chi connectivity index (χ0v) is 25.6. The Balaban J connectivity index is 1.21. The van der Waals surface area contributed by atoms with Crippen molar-refractivity contribution in [3.05, 3.63) is 82.7 Å². The van der Waals surface area contributed by atoms with Gasteiger partial charge in [-0.15, -0.1) is 0 Å². The second-order valence-corrected chi connectivity index (χ2v) is 14.5. The molecular formula is C33H43FN4O2S. The van der Waals surface area contributed by atoms with Crippen molar-refractivity contribution >= 4 is 15.7 Å². The minimum atomic E-state index is -3.92. The Morgan fingerprint density at radius 2 is 1.83 bits per heavy atom. The van der Waals surface area contributed by atoms with Crippen LogP contribution in [0.1, 0.15) is 100 Å². The highest BCUT2D eigenvalue weighted by Crippen LogP contribution is 2.31. The number of halogens is 1. The minimum absolute atomic E-state index is 0.0131. The zero-order chi connectivity index (χ0) is 29.2. The minimum Gasteiger partial charge on any atom is -0.290 e. The van der Waals surface area contributed by atoms with Gasteiger partial charge in [-0.05, 0) is 73.1 Å². The average Bonchev–Trinajstić information content (AvgIpc) is 3.47. The number of sulfonamides is 1. The molecule has 5 rings (SSSR count). The van der Waals surface area contributed by atoms with Crippen LogP contribution in [0.3, 0.4) is 0 Å². The average molecular weight is 579 g/mol. The summed E-state index contributed by atoms with van der Waals surface area (Å²) in [5.41, 5.74) is 4.83. The van der Waals surface area contributed by atoms with Crippen molar-refractivity contribution in [3.8, 4) is 0 Å². The first-order valence-corrected chi connectivity index (χ1v) is 16.5. The molecule has 1 atom stereocenters. The van der Waals surface area contributed by atoms with Crippen LogP contribution in [0.4, 0.5) is 10.1 Å². The van der Waals surface area contributed by atoms with Crippen molar-refractivity contribution in [2.75, 3.05) is 11.3 Å². The Kier molecular flexibility index (Phi) is 8.81. The molecule has 2 aliphatic rings. The molecule has 41 heavy (non-hydrogen) atoms. The van der Waals surface area contributed by atoms with E-state index in [-0.39, 0.29) is 22.0 Å². The lowest BCUT2D eigenvalue weighted by Gasteiger charge is -2.33. The Labute approximate surface area is 244 Å². The van der Waals surface area contributed by atoms with Gasteiger partial charge in [-0.25, -0.2) is 12.8 Å². The zero-order valence-electron chi connectivity index (χ0n) is 24.8. The summed E-state index contributed by atoms with van der Waals surface area (Å²) in [6.45, 7) is 9.98. The van der Waals surface area contributed by atoms with Crippen molar-refractivity contribution in [1.29, 1.82) is 0 Å². The van der Waals surface area contributed by atoms with Gasteiger partial charge in [-0.1, -0.05) is 65.0 Å². The standard InChI is InChI=1S/C33H43FN4O2S/c1-23(31-20-36-32(21-35-31)33(2,3)4)38-17-16-26-19-28(14-13-27(26)22-38)41(39,40)37-30-15-12-25(18-29(30)34)11-7-10-24-8-5-6-9-24/h12-15,18-21,23-24,37H,5-11,16-17,22H2,1-4H3. The fourth-order valence-electron chi connectivity index (χ4n) is 6.07. The largest absolute Gasteiger partial charge is 0.290 e.